The van der Waals surface area contributed by atoms with Crippen molar-refractivity contribution in [1.29, 1.82) is 0 Å². The van der Waals surface area contributed by atoms with E-state index in [1.807, 2.05) is 6.07 Å². The minimum absolute atomic E-state index is 0.0814. The van der Waals surface area contributed by atoms with Crippen LogP contribution in [0, 0.1) is 17.8 Å². The van der Waals surface area contributed by atoms with Crippen molar-refractivity contribution < 1.29 is 13.2 Å². The first kappa shape index (κ1) is 18.1. The lowest BCUT2D eigenvalue weighted by Gasteiger charge is -2.56. The lowest BCUT2D eigenvalue weighted by atomic mass is 9.48. The molecular weight excluding hydrogens is 384 g/mol. The van der Waals surface area contributed by atoms with Gasteiger partial charge in [0, 0.05) is 40.7 Å². The van der Waals surface area contributed by atoms with E-state index in [0.717, 1.165) is 53.5 Å². The number of aromatic nitrogens is 1. The van der Waals surface area contributed by atoms with Gasteiger partial charge < -0.3 is 4.98 Å². The van der Waals surface area contributed by atoms with E-state index in [-0.39, 0.29) is 5.41 Å². The molecule has 4 bridgehead atoms. The van der Waals surface area contributed by atoms with Crippen LogP contribution in [0.1, 0.15) is 67.4 Å². The highest BCUT2D eigenvalue weighted by Gasteiger charge is 2.53. The standard InChI is InChI=1S/C23H28N2O3S/c26-14-20-19-10-18(29(27,28)25-5-1-2-6-25)3-4-21(19)24-22(20)23-11-15-7-16(12-23)9-17(8-15)13-23/h3-4,10,14-17,24H,1-2,5-9,11-13H2. The second-order valence-corrected chi connectivity index (χ2v) is 12.0. The molecule has 4 saturated carbocycles. The molecule has 29 heavy (non-hydrogen) atoms. The third-order valence-corrected chi connectivity index (χ3v) is 10.1. The lowest BCUT2D eigenvalue weighted by Crippen LogP contribution is -2.49. The molecule has 0 radical (unpaired) electrons. The second kappa shape index (κ2) is 6.17. The van der Waals surface area contributed by atoms with Gasteiger partial charge in [0.2, 0.25) is 10.0 Å². The van der Waals surface area contributed by atoms with Crippen molar-refractivity contribution >= 4 is 27.2 Å². The summed E-state index contributed by atoms with van der Waals surface area (Å²) in [7, 11) is -3.49. The SMILES string of the molecule is O=Cc1c(C23CC4CC(CC(C4)C2)C3)[nH]c2ccc(S(=O)(=O)N3CCCC3)cc12. The number of nitrogens with zero attached hydrogens (tertiary/aromatic N) is 1. The van der Waals surface area contributed by atoms with E-state index in [2.05, 4.69) is 4.98 Å². The van der Waals surface area contributed by atoms with Gasteiger partial charge in [0.1, 0.15) is 0 Å². The van der Waals surface area contributed by atoms with Crippen molar-refractivity contribution in [2.24, 2.45) is 17.8 Å². The Morgan fingerprint density at radius 1 is 1.00 bits per heavy atom. The molecule has 1 aliphatic heterocycles. The molecule has 154 valence electrons. The zero-order valence-corrected chi connectivity index (χ0v) is 17.5. The van der Waals surface area contributed by atoms with Gasteiger partial charge in [-0.25, -0.2) is 8.42 Å². The molecule has 5 fully saturated rings. The third-order valence-electron chi connectivity index (χ3n) is 8.20. The van der Waals surface area contributed by atoms with Gasteiger partial charge in [-0.1, -0.05) is 0 Å². The van der Waals surface area contributed by atoms with E-state index in [1.54, 1.807) is 16.4 Å². The fraction of sp³-hybridized carbons (Fsp3) is 0.609. The molecule has 0 unspecified atom stereocenters. The maximum atomic E-state index is 13.0. The lowest BCUT2D eigenvalue weighted by molar-refractivity contribution is -0.00710. The Kier molecular flexibility index (Phi) is 3.86. The fourth-order valence-electron chi connectivity index (χ4n) is 7.39. The molecule has 0 atom stereocenters. The van der Waals surface area contributed by atoms with E-state index < -0.39 is 10.0 Å². The van der Waals surface area contributed by atoms with Crippen LogP contribution in [0.5, 0.6) is 0 Å². The maximum Gasteiger partial charge on any atom is 0.243 e. The monoisotopic (exact) mass is 412 g/mol. The molecule has 1 aromatic carbocycles. The summed E-state index contributed by atoms with van der Waals surface area (Å²) in [5.41, 5.74) is 2.74. The first-order chi connectivity index (χ1) is 14.0. The van der Waals surface area contributed by atoms with Crippen molar-refractivity contribution in [3.05, 3.63) is 29.5 Å². The van der Waals surface area contributed by atoms with Gasteiger partial charge in [-0.2, -0.15) is 4.31 Å². The number of hydrogen-bond donors (Lipinski definition) is 1. The molecule has 6 heteroatoms. The number of aldehydes is 1. The van der Waals surface area contributed by atoms with E-state index in [4.69, 9.17) is 0 Å². The van der Waals surface area contributed by atoms with Gasteiger partial charge in [-0.15, -0.1) is 0 Å². The molecule has 7 rings (SSSR count). The Balaban J connectivity index is 1.47. The van der Waals surface area contributed by atoms with E-state index in [0.29, 0.717) is 23.5 Å². The number of carbonyl (C=O) groups is 1. The number of nitrogens with one attached hydrogen (secondary N) is 1. The zero-order valence-electron chi connectivity index (χ0n) is 16.7. The van der Waals surface area contributed by atoms with Gasteiger partial charge in [0.05, 0.1) is 4.90 Å². The Bertz CT molecular complexity index is 1060. The van der Waals surface area contributed by atoms with Crippen LogP contribution in [0.25, 0.3) is 10.9 Å². The predicted octanol–water partition coefficient (Wildman–Crippen LogP) is 4.23. The highest BCUT2D eigenvalue weighted by Crippen LogP contribution is 2.61. The molecule has 0 spiro atoms. The average Bonchev–Trinajstić information content (AvgIpc) is 3.35. The van der Waals surface area contributed by atoms with Crippen LogP contribution < -0.4 is 0 Å². The number of fused-ring (bicyclic) bond motifs is 1. The highest BCUT2D eigenvalue weighted by molar-refractivity contribution is 7.89. The smallest absolute Gasteiger partial charge is 0.243 e. The summed E-state index contributed by atoms with van der Waals surface area (Å²) in [6, 6.07) is 5.28. The third kappa shape index (κ3) is 2.61. The highest BCUT2D eigenvalue weighted by atomic mass is 32.2. The Morgan fingerprint density at radius 3 is 2.21 bits per heavy atom. The van der Waals surface area contributed by atoms with E-state index >= 15 is 0 Å². The number of rotatable bonds is 4. The molecule has 4 aliphatic carbocycles. The summed E-state index contributed by atoms with van der Waals surface area (Å²) >= 11 is 0. The van der Waals surface area contributed by atoms with Crippen molar-refractivity contribution in [1.82, 2.24) is 9.29 Å². The Morgan fingerprint density at radius 2 is 1.62 bits per heavy atom. The molecule has 1 N–H and O–H groups in total. The van der Waals surface area contributed by atoms with Gasteiger partial charge in [-0.3, -0.25) is 4.79 Å². The van der Waals surface area contributed by atoms with Crippen molar-refractivity contribution in [3.63, 3.8) is 0 Å². The molecular formula is C23H28N2O3S. The van der Waals surface area contributed by atoms with Crippen molar-refractivity contribution in [3.8, 4) is 0 Å². The van der Waals surface area contributed by atoms with Crippen molar-refractivity contribution in [2.45, 2.75) is 61.7 Å². The second-order valence-electron chi connectivity index (χ2n) is 10.0. The molecule has 5 nitrogen and oxygen atoms in total. The topological polar surface area (TPSA) is 70.2 Å². The van der Waals surface area contributed by atoms with Crippen LogP contribution >= 0.6 is 0 Å². The number of hydrogen-bond acceptors (Lipinski definition) is 3. The molecule has 1 aromatic heterocycles. The normalized spacial score (nSPS) is 34.3. The predicted molar refractivity (Wildman–Crippen MR) is 112 cm³/mol. The summed E-state index contributed by atoms with van der Waals surface area (Å²) in [6.45, 7) is 1.18. The van der Waals surface area contributed by atoms with Crippen LogP contribution in [0.3, 0.4) is 0 Å². The van der Waals surface area contributed by atoms with Gasteiger partial charge >= 0.3 is 0 Å². The Labute approximate surface area is 171 Å². The van der Waals surface area contributed by atoms with E-state index in [9.17, 15) is 13.2 Å². The number of H-pyrrole nitrogens is 1. The van der Waals surface area contributed by atoms with E-state index in [1.165, 1.54) is 38.5 Å². The van der Waals surface area contributed by atoms with Gasteiger partial charge in [-0.05, 0) is 87.3 Å². The molecule has 0 amide bonds. The van der Waals surface area contributed by atoms with Crippen LogP contribution in [-0.4, -0.2) is 37.1 Å². The molecule has 1 saturated heterocycles. The summed E-state index contributed by atoms with van der Waals surface area (Å²) in [5, 5.41) is 0.769. The zero-order chi connectivity index (χ0) is 19.8. The number of benzene rings is 1. The number of carbonyl (C=O) groups excluding carboxylic acids is 1. The fourth-order valence-corrected chi connectivity index (χ4v) is 8.93. The average molecular weight is 413 g/mol. The summed E-state index contributed by atoms with van der Waals surface area (Å²) in [4.78, 5) is 16.1. The maximum absolute atomic E-state index is 13.0. The first-order valence-electron chi connectivity index (χ1n) is 11.1. The largest absolute Gasteiger partial charge is 0.357 e. The van der Waals surface area contributed by atoms with Crippen LogP contribution in [-0.2, 0) is 15.4 Å². The van der Waals surface area contributed by atoms with Crippen molar-refractivity contribution in [2.75, 3.05) is 13.1 Å². The van der Waals surface area contributed by atoms with Crippen LogP contribution in [0.15, 0.2) is 23.1 Å². The summed E-state index contributed by atoms with van der Waals surface area (Å²) in [5.74, 6) is 2.37. The minimum atomic E-state index is -3.49. The Hall–Kier alpha value is -1.66. The number of sulfonamides is 1. The van der Waals surface area contributed by atoms with Crippen LogP contribution in [0.4, 0.5) is 0 Å². The molecule has 2 heterocycles. The quantitative estimate of drug-likeness (QED) is 0.764. The van der Waals surface area contributed by atoms with Gasteiger partial charge in [0.15, 0.2) is 6.29 Å². The molecule has 2 aromatic rings. The molecule has 5 aliphatic rings. The van der Waals surface area contributed by atoms with Gasteiger partial charge in [0.25, 0.3) is 0 Å². The van der Waals surface area contributed by atoms with Crippen LogP contribution in [0.2, 0.25) is 0 Å². The first-order valence-corrected chi connectivity index (χ1v) is 12.5. The summed E-state index contributed by atoms with van der Waals surface area (Å²) in [6.07, 6.45) is 10.4. The number of aromatic amines is 1. The summed E-state index contributed by atoms with van der Waals surface area (Å²) < 4.78 is 27.6. The minimum Gasteiger partial charge on any atom is -0.357 e.